The standard InChI is InChI=1S/C22H24BrN3O3/c1-14-11-16(23)12-19-21(14)29-22(25-19)15-3-5-17(6-4-15)24-20(27)13-28-18-7-9-26(2)10-8-18/h3-6,11-12,18H,7-10,13H2,1-2H3,(H,24,27). The lowest BCUT2D eigenvalue weighted by molar-refractivity contribution is -0.123. The van der Waals surface area contributed by atoms with Gasteiger partial charge in [0.05, 0.1) is 6.10 Å². The molecular weight excluding hydrogens is 434 g/mol. The highest BCUT2D eigenvalue weighted by molar-refractivity contribution is 9.10. The second-order valence-electron chi connectivity index (χ2n) is 7.53. The average Bonchev–Trinajstić information content (AvgIpc) is 3.12. The average molecular weight is 458 g/mol. The summed E-state index contributed by atoms with van der Waals surface area (Å²) in [4.78, 5) is 19.0. The Morgan fingerprint density at radius 1 is 1.28 bits per heavy atom. The number of hydrogen-bond acceptors (Lipinski definition) is 5. The molecule has 1 aliphatic heterocycles. The van der Waals surface area contributed by atoms with Gasteiger partial charge in [-0.15, -0.1) is 0 Å². The molecule has 152 valence electrons. The van der Waals surface area contributed by atoms with Crippen molar-refractivity contribution >= 4 is 38.6 Å². The molecule has 0 aliphatic carbocycles. The maximum Gasteiger partial charge on any atom is 0.250 e. The Kier molecular flexibility index (Phi) is 5.99. The minimum absolute atomic E-state index is 0.0788. The van der Waals surface area contributed by atoms with Gasteiger partial charge in [0.25, 0.3) is 0 Å². The highest BCUT2D eigenvalue weighted by atomic mass is 79.9. The van der Waals surface area contributed by atoms with Crippen molar-refractivity contribution in [1.29, 1.82) is 0 Å². The van der Waals surface area contributed by atoms with Crippen LogP contribution in [-0.2, 0) is 9.53 Å². The quantitative estimate of drug-likeness (QED) is 0.605. The third-order valence-electron chi connectivity index (χ3n) is 5.17. The number of aryl methyl sites for hydroxylation is 1. The Bertz CT molecular complexity index is 1010. The van der Waals surface area contributed by atoms with Gasteiger partial charge in [-0.25, -0.2) is 4.98 Å². The molecule has 1 aromatic heterocycles. The summed E-state index contributed by atoms with van der Waals surface area (Å²) in [5.41, 5.74) is 4.21. The zero-order valence-electron chi connectivity index (χ0n) is 16.6. The Balaban J connectivity index is 1.36. The Labute approximate surface area is 178 Å². The van der Waals surface area contributed by atoms with Crippen molar-refractivity contribution in [2.24, 2.45) is 0 Å². The van der Waals surface area contributed by atoms with E-state index in [1.807, 2.05) is 43.3 Å². The van der Waals surface area contributed by atoms with E-state index in [9.17, 15) is 4.79 Å². The van der Waals surface area contributed by atoms with Crippen LogP contribution < -0.4 is 5.32 Å². The van der Waals surface area contributed by atoms with Crippen LogP contribution in [0.25, 0.3) is 22.6 Å². The van der Waals surface area contributed by atoms with Crippen molar-refractivity contribution in [1.82, 2.24) is 9.88 Å². The summed E-state index contributed by atoms with van der Waals surface area (Å²) in [6.45, 7) is 4.10. The van der Waals surface area contributed by atoms with E-state index in [2.05, 4.69) is 38.2 Å². The highest BCUT2D eigenvalue weighted by Gasteiger charge is 2.18. The molecule has 0 unspecified atom stereocenters. The molecule has 2 heterocycles. The van der Waals surface area contributed by atoms with Crippen molar-refractivity contribution in [3.63, 3.8) is 0 Å². The lowest BCUT2D eigenvalue weighted by Crippen LogP contribution is -2.35. The molecule has 2 aromatic carbocycles. The summed E-state index contributed by atoms with van der Waals surface area (Å²) in [5, 5.41) is 2.88. The molecule has 0 bridgehead atoms. The number of anilines is 1. The van der Waals surface area contributed by atoms with Gasteiger partial charge in [-0.05, 0) is 68.8 Å². The number of halogens is 1. The van der Waals surface area contributed by atoms with Crippen molar-refractivity contribution in [3.8, 4) is 11.5 Å². The van der Waals surface area contributed by atoms with Gasteiger partial charge in [0.2, 0.25) is 11.8 Å². The number of carbonyl (C=O) groups excluding carboxylic acids is 1. The van der Waals surface area contributed by atoms with Crippen LogP contribution in [0.5, 0.6) is 0 Å². The number of rotatable bonds is 5. The van der Waals surface area contributed by atoms with Gasteiger partial charge >= 0.3 is 0 Å². The molecule has 29 heavy (non-hydrogen) atoms. The Morgan fingerprint density at radius 3 is 2.72 bits per heavy atom. The van der Waals surface area contributed by atoms with Gasteiger partial charge < -0.3 is 19.4 Å². The minimum Gasteiger partial charge on any atom is -0.436 e. The Hall–Kier alpha value is -2.22. The third-order valence-corrected chi connectivity index (χ3v) is 5.63. The lowest BCUT2D eigenvalue weighted by atomic mass is 10.1. The number of nitrogens with zero attached hydrogens (tertiary/aromatic N) is 2. The van der Waals surface area contributed by atoms with E-state index in [1.54, 1.807) is 0 Å². The summed E-state index contributed by atoms with van der Waals surface area (Å²) in [7, 11) is 2.10. The molecule has 0 spiro atoms. The van der Waals surface area contributed by atoms with E-state index in [-0.39, 0.29) is 18.6 Å². The van der Waals surface area contributed by atoms with Crippen molar-refractivity contribution in [3.05, 3.63) is 46.4 Å². The zero-order valence-corrected chi connectivity index (χ0v) is 18.2. The van der Waals surface area contributed by atoms with Crippen molar-refractivity contribution in [2.75, 3.05) is 32.1 Å². The second kappa shape index (κ2) is 8.65. The van der Waals surface area contributed by atoms with Gasteiger partial charge in [0.15, 0.2) is 5.58 Å². The highest BCUT2D eigenvalue weighted by Crippen LogP contribution is 2.29. The van der Waals surface area contributed by atoms with Crippen LogP contribution in [0, 0.1) is 6.92 Å². The SMILES string of the molecule is Cc1cc(Br)cc2nc(-c3ccc(NC(=O)COC4CCN(C)CC4)cc3)oc12. The maximum atomic E-state index is 12.2. The molecule has 1 N–H and O–H groups in total. The van der Waals surface area contributed by atoms with Gasteiger partial charge in [-0.3, -0.25) is 4.79 Å². The molecule has 1 saturated heterocycles. The van der Waals surface area contributed by atoms with Crippen LogP contribution in [-0.4, -0.2) is 48.6 Å². The number of fused-ring (bicyclic) bond motifs is 1. The fourth-order valence-corrected chi connectivity index (χ4v) is 4.08. The number of piperidine rings is 1. The predicted octanol–water partition coefficient (Wildman–Crippen LogP) is 4.62. The number of oxazole rings is 1. The number of ether oxygens (including phenoxy) is 1. The van der Waals surface area contributed by atoms with E-state index in [0.717, 1.165) is 58.3 Å². The van der Waals surface area contributed by atoms with E-state index < -0.39 is 0 Å². The lowest BCUT2D eigenvalue weighted by Gasteiger charge is -2.28. The summed E-state index contributed by atoms with van der Waals surface area (Å²) < 4.78 is 12.7. The van der Waals surface area contributed by atoms with E-state index in [1.165, 1.54) is 0 Å². The van der Waals surface area contributed by atoms with Gasteiger partial charge in [0.1, 0.15) is 12.1 Å². The number of benzene rings is 2. The molecule has 0 radical (unpaired) electrons. The first-order valence-electron chi connectivity index (χ1n) is 9.75. The van der Waals surface area contributed by atoms with Crippen LogP contribution in [0.15, 0.2) is 45.3 Å². The smallest absolute Gasteiger partial charge is 0.250 e. The number of hydrogen-bond donors (Lipinski definition) is 1. The van der Waals surface area contributed by atoms with Gasteiger partial charge in [0, 0.05) is 28.8 Å². The largest absolute Gasteiger partial charge is 0.436 e. The summed E-state index contributed by atoms with van der Waals surface area (Å²) >= 11 is 3.49. The van der Waals surface area contributed by atoms with Crippen LogP contribution >= 0.6 is 15.9 Å². The third kappa shape index (κ3) is 4.86. The van der Waals surface area contributed by atoms with Gasteiger partial charge in [-0.2, -0.15) is 0 Å². The zero-order chi connectivity index (χ0) is 20.4. The maximum absolute atomic E-state index is 12.2. The number of nitrogens with one attached hydrogen (secondary N) is 1. The first-order valence-corrected chi connectivity index (χ1v) is 10.5. The molecule has 7 heteroatoms. The monoisotopic (exact) mass is 457 g/mol. The molecule has 0 atom stereocenters. The molecule has 3 aromatic rings. The second-order valence-corrected chi connectivity index (χ2v) is 8.44. The topological polar surface area (TPSA) is 67.6 Å². The van der Waals surface area contributed by atoms with Crippen LogP contribution in [0.3, 0.4) is 0 Å². The summed E-state index contributed by atoms with van der Waals surface area (Å²) in [5.74, 6) is 0.420. The molecule has 0 saturated carbocycles. The van der Waals surface area contributed by atoms with Crippen LogP contribution in [0.4, 0.5) is 5.69 Å². The van der Waals surface area contributed by atoms with E-state index in [4.69, 9.17) is 9.15 Å². The van der Waals surface area contributed by atoms with E-state index in [0.29, 0.717) is 5.89 Å². The minimum atomic E-state index is -0.140. The fraction of sp³-hybridized carbons (Fsp3) is 0.364. The summed E-state index contributed by atoms with van der Waals surface area (Å²) in [6.07, 6.45) is 2.11. The first-order chi connectivity index (χ1) is 14.0. The molecule has 1 aliphatic rings. The molecular formula is C22H24BrN3O3. The fourth-order valence-electron chi connectivity index (χ4n) is 3.52. The number of aromatic nitrogens is 1. The molecule has 1 fully saturated rings. The predicted molar refractivity (Wildman–Crippen MR) is 117 cm³/mol. The van der Waals surface area contributed by atoms with Crippen molar-refractivity contribution in [2.45, 2.75) is 25.9 Å². The molecule has 6 nitrogen and oxygen atoms in total. The first kappa shape index (κ1) is 20.1. The Morgan fingerprint density at radius 2 is 2.00 bits per heavy atom. The number of likely N-dealkylation sites (tertiary alicyclic amines) is 1. The number of carbonyl (C=O) groups is 1. The van der Waals surface area contributed by atoms with E-state index >= 15 is 0 Å². The van der Waals surface area contributed by atoms with Crippen LogP contribution in [0.1, 0.15) is 18.4 Å². The molecule has 1 amide bonds. The number of amides is 1. The van der Waals surface area contributed by atoms with Crippen molar-refractivity contribution < 1.29 is 13.9 Å². The summed E-state index contributed by atoms with van der Waals surface area (Å²) in [6, 6.07) is 11.4. The molecule has 4 rings (SSSR count). The van der Waals surface area contributed by atoms with Gasteiger partial charge in [-0.1, -0.05) is 15.9 Å². The normalized spacial score (nSPS) is 15.7. The van der Waals surface area contributed by atoms with Crippen LogP contribution in [0.2, 0.25) is 0 Å².